The lowest BCUT2D eigenvalue weighted by atomic mass is 10.2. The molecule has 0 saturated carbocycles. The van der Waals surface area contributed by atoms with Gasteiger partial charge in [-0.3, -0.25) is 4.90 Å². The van der Waals surface area contributed by atoms with Gasteiger partial charge in [0, 0.05) is 37.6 Å². The van der Waals surface area contributed by atoms with Crippen LogP contribution in [0.1, 0.15) is 5.56 Å². The number of piperazine rings is 1. The van der Waals surface area contributed by atoms with Gasteiger partial charge in [-0.25, -0.2) is 9.78 Å². The molecule has 0 radical (unpaired) electrons. The van der Waals surface area contributed by atoms with Crippen molar-refractivity contribution in [2.75, 3.05) is 36.9 Å². The fourth-order valence-corrected chi connectivity index (χ4v) is 2.40. The predicted molar refractivity (Wildman–Crippen MR) is 67.4 cm³/mol. The fraction of sp³-hybridized carbons (Fsp3) is 0.500. The van der Waals surface area contributed by atoms with Gasteiger partial charge in [-0.15, -0.1) is 0 Å². The second kappa shape index (κ2) is 4.04. The smallest absolute Gasteiger partial charge is 0.410 e. The zero-order valence-corrected chi connectivity index (χ0v) is 10.3. The Morgan fingerprint density at radius 3 is 3.11 bits per heavy atom. The molecule has 2 fully saturated rings. The van der Waals surface area contributed by atoms with E-state index in [0.29, 0.717) is 13.2 Å². The van der Waals surface area contributed by atoms with Gasteiger partial charge in [-0.1, -0.05) is 0 Å². The summed E-state index contributed by atoms with van der Waals surface area (Å²) >= 11 is 0. The van der Waals surface area contributed by atoms with Gasteiger partial charge in [-0.2, -0.15) is 0 Å². The molecule has 3 rings (SSSR count). The summed E-state index contributed by atoms with van der Waals surface area (Å²) < 4.78 is 5.04. The summed E-state index contributed by atoms with van der Waals surface area (Å²) in [5.41, 5.74) is 7.63. The van der Waals surface area contributed by atoms with Gasteiger partial charge in [0.15, 0.2) is 0 Å². The van der Waals surface area contributed by atoms with Crippen molar-refractivity contribution in [3.63, 3.8) is 0 Å². The highest BCUT2D eigenvalue weighted by Crippen LogP contribution is 2.23. The second-order valence-corrected chi connectivity index (χ2v) is 4.77. The number of nitrogen functional groups attached to an aromatic ring is 1. The number of pyridine rings is 1. The number of rotatable bonds is 1. The molecule has 1 aromatic rings. The monoisotopic (exact) mass is 248 g/mol. The van der Waals surface area contributed by atoms with Gasteiger partial charge in [0.25, 0.3) is 0 Å². The average Bonchev–Trinajstić information content (AvgIpc) is 2.74. The van der Waals surface area contributed by atoms with E-state index < -0.39 is 0 Å². The van der Waals surface area contributed by atoms with E-state index in [0.717, 1.165) is 30.2 Å². The summed E-state index contributed by atoms with van der Waals surface area (Å²) in [5.74, 6) is 0.872. The molecular formula is C12H16N4O2. The third kappa shape index (κ3) is 1.73. The van der Waals surface area contributed by atoms with Gasteiger partial charge in [0.05, 0.1) is 6.04 Å². The summed E-state index contributed by atoms with van der Waals surface area (Å²) in [6.45, 7) is 4.60. The van der Waals surface area contributed by atoms with Crippen LogP contribution in [-0.2, 0) is 4.74 Å². The number of carbonyl (C=O) groups is 1. The topological polar surface area (TPSA) is 71.7 Å². The molecule has 1 aromatic heterocycles. The van der Waals surface area contributed by atoms with E-state index in [2.05, 4.69) is 9.88 Å². The molecule has 6 heteroatoms. The van der Waals surface area contributed by atoms with Crippen LogP contribution >= 0.6 is 0 Å². The number of aryl methyl sites for hydroxylation is 1. The third-order valence-electron chi connectivity index (χ3n) is 3.57. The largest absolute Gasteiger partial charge is 0.447 e. The number of hydrogen-bond donors (Lipinski definition) is 1. The SMILES string of the molecule is Cc1cnc(N2CCN3C(=O)OCC3C2)cc1N. The van der Waals surface area contributed by atoms with Crippen LogP contribution in [0.4, 0.5) is 16.3 Å². The van der Waals surface area contributed by atoms with Crippen LogP contribution in [0.3, 0.4) is 0 Å². The predicted octanol–water partition coefficient (Wildman–Crippen LogP) is 0.613. The number of anilines is 2. The van der Waals surface area contributed by atoms with Crippen molar-refractivity contribution in [3.05, 3.63) is 17.8 Å². The number of hydrogen-bond acceptors (Lipinski definition) is 5. The number of ether oxygens (including phenoxy) is 1. The molecule has 6 nitrogen and oxygen atoms in total. The van der Waals surface area contributed by atoms with Gasteiger partial charge in [-0.05, 0) is 12.5 Å². The molecule has 1 atom stereocenters. The minimum Gasteiger partial charge on any atom is -0.447 e. The van der Waals surface area contributed by atoms with Crippen LogP contribution in [0, 0.1) is 6.92 Å². The molecule has 0 spiro atoms. The van der Waals surface area contributed by atoms with Crippen molar-refractivity contribution < 1.29 is 9.53 Å². The van der Waals surface area contributed by atoms with E-state index in [9.17, 15) is 4.79 Å². The van der Waals surface area contributed by atoms with Crippen molar-refractivity contribution in [2.45, 2.75) is 13.0 Å². The highest BCUT2D eigenvalue weighted by molar-refractivity contribution is 5.71. The van der Waals surface area contributed by atoms with Crippen LogP contribution in [0.2, 0.25) is 0 Å². The van der Waals surface area contributed by atoms with Gasteiger partial charge in [0.1, 0.15) is 12.4 Å². The van der Waals surface area contributed by atoms with E-state index >= 15 is 0 Å². The lowest BCUT2D eigenvalue weighted by Crippen LogP contribution is -2.52. The highest BCUT2D eigenvalue weighted by Gasteiger charge is 2.37. The first-order chi connectivity index (χ1) is 8.65. The Morgan fingerprint density at radius 1 is 1.50 bits per heavy atom. The molecule has 3 heterocycles. The first kappa shape index (κ1) is 11.1. The normalized spacial score (nSPS) is 22.9. The Morgan fingerprint density at radius 2 is 2.33 bits per heavy atom. The molecule has 2 N–H and O–H groups in total. The molecule has 96 valence electrons. The quantitative estimate of drug-likeness (QED) is 0.788. The summed E-state index contributed by atoms with van der Waals surface area (Å²) in [4.78, 5) is 19.7. The summed E-state index contributed by atoms with van der Waals surface area (Å²) in [6.07, 6.45) is 1.59. The van der Waals surface area contributed by atoms with Crippen molar-refractivity contribution in [3.8, 4) is 0 Å². The summed E-state index contributed by atoms with van der Waals surface area (Å²) in [6, 6.07) is 2.03. The molecule has 0 bridgehead atoms. The third-order valence-corrected chi connectivity index (χ3v) is 3.57. The van der Waals surface area contributed by atoms with Gasteiger partial charge < -0.3 is 15.4 Å². The molecule has 1 amide bonds. The Balaban J connectivity index is 1.78. The molecule has 0 aromatic carbocycles. The first-order valence-corrected chi connectivity index (χ1v) is 6.05. The molecule has 1 unspecified atom stereocenters. The molecule has 18 heavy (non-hydrogen) atoms. The Bertz CT molecular complexity index is 491. The van der Waals surface area contributed by atoms with Crippen molar-refractivity contribution in [1.82, 2.24) is 9.88 Å². The van der Waals surface area contributed by atoms with Crippen LogP contribution in [-0.4, -0.2) is 48.3 Å². The lowest BCUT2D eigenvalue weighted by Gasteiger charge is -2.36. The Labute approximate surface area is 105 Å². The standard InChI is InChI=1S/C12H16N4O2/c1-8-5-14-11(4-10(8)13)15-2-3-16-9(6-15)7-18-12(16)17/h4-5,9H,2-3,6-7H2,1H3,(H2,13,14). The number of amides is 1. The van der Waals surface area contributed by atoms with Gasteiger partial charge >= 0.3 is 6.09 Å². The van der Waals surface area contributed by atoms with E-state index in [1.54, 1.807) is 11.1 Å². The van der Waals surface area contributed by atoms with E-state index in [1.165, 1.54) is 0 Å². The van der Waals surface area contributed by atoms with Gasteiger partial charge in [0.2, 0.25) is 0 Å². The molecule has 0 aliphatic carbocycles. The first-order valence-electron chi connectivity index (χ1n) is 6.05. The zero-order chi connectivity index (χ0) is 12.7. The maximum atomic E-state index is 11.4. The fourth-order valence-electron chi connectivity index (χ4n) is 2.40. The molecule has 2 aliphatic rings. The number of fused-ring (bicyclic) bond motifs is 1. The van der Waals surface area contributed by atoms with Crippen LogP contribution in [0.5, 0.6) is 0 Å². The lowest BCUT2D eigenvalue weighted by molar-refractivity contribution is 0.157. The molecule has 2 saturated heterocycles. The van der Waals surface area contributed by atoms with E-state index in [-0.39, 0.29) is 12.1 Å². The summed E-state index contributed by atoms with van der Waals surface area (Å²) in [5, 5.41) is 0. The maximum Gasteiger partial charge on any atom is 0.410 e. The molecular weight excluding hydrogens is 232 g/mol. The summed E-state index contributed by atoms with van der Waals surface area (Å²) in [7, 11) is 0. The zero-order valence-electron chi connectivity index (χ0n) is 10.3. The number of nitrogens with zero attached hydrogens (tertiary/aromatic N) is 3. The minimum atomic E-state index is -0.198. The Hall–Kier alpha value is -1.98. The van der Waals surface area contributed by atoms with E-state index in [1.807, 2.05) is 13.0 Å². The van der Waals surface area contributed by atoms with E-state index in [4.69, 9.17) is 10.5 Å². The average molecular weight is 248 g/mol. The Kier molecular flexibility index (Phi) is 2.50. The van der Waals surface area contributed by atoms with Crippen LogP contribution in [0.15, 0.2) is 12.3 Å². The number of aromatic nitrogens is 1. The second-order valence-electron chi connectivity index (χ2n) is 4.77. The maximum absolute atomic E-state index is 11.4. The van der Waals surface area contributed by atoms with Crippen molar-refractivity contribution in [2.24, 2.45) is 0 Å². The van der Waals surface area contributed by atoms with Crippen molar-refractivity contribution >= 4 is 17.6 Å². The number of cyclic esters (lactones) is 1. The molecule has 2 aliphatic heterocycles. The minimum absolute atomic E-state index is 0.135. The van der Waals surface area contributed by atoms with Crippen LogP contribution < -0.4 is 10.6 Å². The van der Waals surface area contributed by atoms with Crippen molar-refractivity contribution in [1.29, 1.82) is 0 Å². The number of nitrogens with two attached hydrogens (primary N) is 1. The van der Waals surface area contributed by atoms with Crippen LogP contribution in [0.25, 0.3) is 0 Å². The number of carbonyl (C=O) groups excluding carboxylic acids is 1. The highest BCUT2D eigenvalue weighted by atomic mass is 16.6.